The summed E-state index contributed by atoms with van der Waals surface area (Å²) in [6.07, 6.45) is 3.23. The molecule has 1 atom stereocenters. The summed E-state index contributed by atoms with van der Waals surface area (Å²) in [7, 11) is 0. The highest BCUT2D eigenvalue weighted by atomic mass is 19.3. The molecule has 0 aromatic heterocycles. The number of carboxylic acid groups (broad SMARTS) is 3. The number of likely N-dealkylation sites (tertiary alicyclic amines) is 2. The quantitative estimate of drug-likeness (QED) is 0.305. The topological polar surface area (TPSA) is 174 Å². The van der Waals surface area contributed by atoms with Crippen LogP contribution in [0, 0.1) is 11.3 Å². The molecule has 1 aromatic carbocycles. The van der Waals surface area contributed by atoms with Gasteiger partial charge in [-0.3, -0.25) is 14.4 Å². The number of aliphatic carboxylic acids is 3. The Balaban J connectivity index is 0.000000277. The summed E-state index contributed by atoms with van der Waals surface area (Å²) in [5, 5.41) is 33.8. The van der Waals surface area contributed by atoms with E-state index < -0.39 is 43.0 Å². The van der Waals surface area contributed by atoms with E-state index in [9.17, 15) is 28.0 Å². The van der Waals surface area contributed by atoms with Crippen LogP contribution in [0.3, 0.4) is 0 Å². The monoisotopic (exact) mass is 612 g/mol. The molecule has 1 spiro atoms. The fraction of sp³-hybridized carbons (Fsp3) is 0.655. The molecule has 3 saturated heterocycles. The minimum atomic E-state index is -2.79. The van der Waals surface area contributed by atoms with E-state index in [1.165, 1.54) is 19.3 Å². The summed E-state index contributed by atoms with van der Waals surface area (Å²) in [4.78, 5) is 47.5. The molecule has 1 amide bonds. The Hall–Kier alpha value is -3.36. The summed E-state index contributed by atoms with van der Waals surface area (Å²) in [6.45, 7) is 2.21. The number of carboxylic acids is 3. The zero-order valence-corrected chi connectivity index (χ0v) is 23.7. The molecule has 4 aliphatic rings. The standard InChI is InChI=1S/C23H30F2N2O3.C6H8O7/c24-22(25)30-20-4-2-1-3-19(20)16-6-9-26(10-7-16)18-5-8-23(11-18)14-27(15-23)21(28)17-12-29-13-17;7-3(8)1-6(13,5(11)12)2-4(9)10/h1-4,16-18,22H,5-15H2;13H,1-2H2,(H,7,8)(H,9,10)(H,11,12)/t18-;/m1./s1. The molecule has 4 fully saturated rings. The number of amides is 1. The first kappa shape index (κ1) is 32.6. The lowest BCUT2D eigenvalue weighted by atomic mass is 9.77. The molecule has 0 bridgehead atoms. The minimum absolute atomic E-state index is 0.0931. The van der Waals surface area contributed by atoms with Crippen molar-refractivity contribution < 1.29 is 57.9 Å². The predicted molar refractivity (Wildman–Crippen MR) is 145 cm³/mol. The Morgan fingerprint density at radius 3 is 2.12 bits per heavy atom. The molecule has 1 saturated carbocycles. The van der Waals surface area contributed by atoms with Gasteiger partial charge in [0.2, 0.25) is 5.91 Å². The molecule has 14 heteroatoms. The molecule has 238 valence electrons. The maximum atomic E-state index is 12.7. The summed E-state index contributed by atoms with van der Waals surface area (Å²) >= 11 is 0. The van der Waals surface area contributed by atoms with Gasteiger partial charge in [-0.1, -0.05) is 18.2 Å². The number of ether oxygens (including phenoxy) is 2. The number of nitrogens with zero attached hydrogens (tertiary/aromatic N) is 2. The second-order valence-electron chi connectivity index (χ2n) is 12.0. The van der Waals surface area contributed by atoms with Gasteiger partial charge in [-0.2, -0.15) is 8.78 Å². The van der Waals surface area contributed by atoms with Crippen molar-refractivity contribution in [3.63, 3.8) is 0 Å². The van der Waals surface area contributed by atoms with E-state index in [0.29, 0.717) is 30.4 Å². The molecule has 5 rings (SSSR count). The summed E-state index contributed by atoms with van der Waals surface area (Å²) in [5.74, 6) is -4.05. The summed E-state index contributed by atoms with van der Waals surface area (Å²) in [6, 6.07) is 7.81. The zero-order chi connectivity index (χ0) is 31.4. The first-order chi connectivity index (χ1) is 20.3. The van der Waals surface area contributed by atoms with Gasteiger partial charge in [0.25, 0.3) is 0 Å². The summed E-state index contributed by atoms with van der Waals surface area (Å²) in [5.41, 5.74) is -1.51. The van der Waals surface area contributed by atoms with Crippen LogP contribution in [0.2, 0.25) is 0 Å². The lowest BCUT2D eigenvalue weighted by Gasteiger charge is -2.50. The van der Waals surface area contributed by atoms with Gasteiger partial charge >= 0.3 is 24.5 Å². The molecule has 1 aromatic rings. The second kappa shape index (κ2) is 13.5. The van der Waals surface area contributed by atoms with Crippen molar-refractivity contribution in [2.24, 2.45) is 11.3 Å². The number of carbonyl (C=O) groups is 4. The van der Waals surface area contributed by atoms with Crippen LogP contribution in [0.4, 0.5) is 8.78 Å². The minimum Gasteiger partial charge on any atom is -0.481 e. The van der Waals surface area contributed by atoms with Crippen LogP contribution >= 0.6 is 0 Å². The lowest BCUT2D eigenvalue weighted by molar-refractivity contribution is -0.170. The van der Waals surface area contributed by atoms with Gasteiger partial charge < -0.3 is 39.7 Å². The average molecular weight is 613 g/mol. The lowest BCUT2D eigenvalue weighted by Crippen LogP contribution is -2.61. The number of piperidine rings is 1. The van der Waals surface area contributed by atoms with Crippen LogP contribution in [0.25, 0.3) is 0 Å². The third kappa shape index (κ3) is 7.98. The number of halogens is 2. The highest BCUT2D eigenvalue weighted by Gasteiger charge is 2.52. The van der Waals surface area contributed by atoms with E-state index >= 15 is 0 Å². The average Bonchev–Trinajstić information content (AvgIpc) is 3.32. The molecule has 3 heterocycles. The Morgan fingerprint density at radius 2 is 1.60 bits per heavy atom. The van der Waals surface area contributed by atoms with E-state index in [0.717, 1.165) is 44.6 Å². The van der Waals surface area contributed by atoms with E-state index in [2.05, 4.69) is 4.90 Å². The van der Waals surface area contributed by atoms with Crippen molar-refractivity contribution in [3.05, 3.63) is 29.8 Å². The molecule has 43 heavy (non-hydrogen) atoms. The van der Waals surface area contributed by atoms with Crippen LogP contribution in [0.1, 0.15) is 56.4 Å². The number of benzene rings is 1. The number of alkyl halides is 2. The van der Waals surface area contributed by atoms with E-state index in [4.69, 9.17) is 29.9 Å². The van der Waals surface area contributed by atoms with Gasteiger partial charge in [-0.15, -0.1) is 0 Å². The molecule has 0 unspecified atom stereocenters. The number of aliphatic hydroxyl groups is 1. The molecular weight excluding hydrogens is 574 g/mol. The van der Waals surface area contributed by atoms with Gasteiger partial charge in [0, 0.05) is 24.5 Å². The van der Waals surface area contributed by atoms with Crippen molar-refractivity contribution in [1.29, 1.82) is 0 Å². The zero-order valence-electron chi connectivity index (χ0n) is 23.7. The third-order valence-corrected chi connectivity index (χ3v) is 8.93. The van der Waals surface area contributed by atoms with Gasteiger partial charge in [0.05, 0.1) is 32.0 Å². The largest absolute Gasteiger partial charge is 0.481 e. The summed E-state index contributed by atoms with van der Waals surface area (Å²) < 4.78 is 35.4. The van der Waals surface area contributed by atoms with Crippen molar-refractivity contribution >= 4 is 23.8 Å². The van der Waals surface area contributed by atoms with Crippen LogP contribution in [-0.2, 0) is 23.9 Å². The fourth-order valence-corrected chi connectivity index (χ4v) is 6.64. The van der Waals surface area contributed by atoms with E-state index in [1.807, 2.05) is 17.0 Å². The van der Waals surface area contributed by atoms with Gasteiger partial charge in [-0.25, -0.2) is 4.79 Å². The SMILES string of the molecule is O=C(C1COC1)N1CC2(CC[C@@H](N3CCC(c4ccccc4OC(F)F)CC3)C2)C1.O=C(O)CC(O)(CC(=O)O)C(=O)O. The number of hydrogen-bond donors (Lipinski definition) is 4. The first-order valence-electron chi connectivity index (χ1n) is 14.3. The Kier molecular flexibility index (Phi) is 10.2. The van der Waals surface area contributed by atoms with E-state index in [-0.39, 0.29) is 17.7 Å². The van der Waals surface area contributed by atoms with Crippen molar-refractivity contribution in [2.75, 3.05) is 39.4 Å². The molecule has 3 aliphatic heterocycles. The highest BCUT2D eigenvalue weighted by Crippen LogP contribution is 2.48. The number of para-hydroxylation sites is 1. The Bertz CT molecular complexity index is 1160. The smallest absolute Gasteiger partial charge is 0.387 e. The van der Waals surface area contributed by atoms with Gasteiger partial charge in [0.1, 0.15) is 5.75 Å². The second-order valence-corrected chi connectivity index (χ2v) is 12.0. The number of carbonyl (C=O) groups excluding carboxylic acids is 1. The normalized spacial score (nSPS) is 22.3. The van der Waals surface area contributed by atoms with Gasteiger partial charge in [0.15, 0.2) is 5.60 Å². The predicted octanol–water partition coefficient (Wildman–Crippen LogP) is 2.25. The van der Waals surface area contributed by atoms with Crippen molar-refractivity contribution in [2.45, 2.75) is 69.1 Å². The first-order valence-corrected chi connectivity index (χ1v) is 14.3. The third-order valence-electron chi connectivity index (χ3n) is 8.93. The number of hydrogen-bond acceptors (Lipinski definition) is 8. The van der Waals surface area contributed by atoms with Crippen LogP contribution < -0.4 is 4.74 Å². The molecule has 12 nitrogen and oxygen atoms in total. The molecule has 4 N–H and O–H groups in total. The molecular formula is C29H38F2N2O10. The van der Waals surface area contributed by atoms with Crippen LogP contribution in [-0.4, -0.2) is 112 Å². The molecule has 1 aliphatic carbocycles. The van der Waals surface area contributed by atoms with Crippen LogP contribution in [0.15, 0.2) is 24.3 Å². The van der Waals surface area contributed by atoms with Crippen molar-refractivity contribution in [3.8, 4) is 5.75 Å². The maximum Gasteiger partial charge on any atom is 0.387 e. The Labute approximate surface area is 247 Å². The Morgan fingerprint density at radius 1 is 1.00 bits per heavy atom. The van der Waals surface area contributed by atoms with Crippen LogP contribution in [0.5, 0.6) is 5.75 Å². The highest BCUT2D eigenvalue weighted by molar-refractivity contribution is 5.88. The fourth-order valence-electron chi connectivity index (χ4n) is 6.64. The van der Waals surface area contributed by atoms with Crippen molar-refractivity contribution in [1.82, 2.24) is 9.80 Å². The maximum absolute atomic E-state index is 12.7. The number of rotatable bonds is 10. The van der Waals surface area contributed by atoms with Gasteiger partial charge in [-0.05, 0) is 62.7 Å². The molecule has 0 radical (unpaired) electrons. The van der Waals surface area contributed by atoms with E-state index in [1.54, 1.807) is 12.1 Å².